The molecular formula is C17H28N2O. The molecule has 0 bridgehead atoms. The Balaban J connectivity index is 2.29. The van der Waals surface area contributed by atoms with Crippen LogP contribution in [-0.4, -0.2) is 17.6 Å². The molecule has 3 atom stereocenters. The monoisotopic (exact) mass is 276 g/mol. The van der Waals surface area contributed by atoms with Gasteiger partial charge in [-0.25, -0.2) is 0 Å². The smallest absolute Gasteiger partial charge is 0.128 e. The van der Waals surface area contributed by atoms with Crippen molar-refractivity contribution in [3.63, 3.8) is 0 Å². The molecule has 0 aromatic carbocycles. The van der Waals surface area contributed by atoms with E-state index < -0.39 is 0 Å². The fraction of sp³-hybridized carbons (Fsp3) is 0.706. The average molecular weight is 276 g/mol. The first kappa shape index (κ1) is 15.3. The highest BCUT2D eigenvalue weighted by Crippen LogP contribution is 2.39. The average Bonchev–Trinajstić information content (AvgIpc) is 2.40. The Morgan fingerprint density at radius 1 is 1.40 bits per heavy atom. The van der Waals surface area contributed by atoms with Crippen molar-refractivity contribution in [3.05, 3.63) is 23.0 Å². The van der Waals surface area contributed by atoms with E-state index in [2.05, 4.69) is 25.8 Å². The molecule has 1 aliphatic rings. The minimum absolute atomic E-state index is 0.129. The van der Waals surface area contributed by atoms with Crippen LogP contribution in [0.3, 0.4) is 0 Å². The van der Waals surface area contributed by atoms with Crippen LogP contribution in [0.15, 0.2) is 6.20 Å². The third-order valence-corrected chi connectivity index (χ3v) is 5.31. The Bertz CT molecular complexity index is 486. The Morgan fingerprint density at radius 2 is 2.10 bits per heavy atom. The van der Waals surface area contributed by atoms with E-state index in [1.807, 2.05) is 13.1 Å². The zero-order valence-corrected chi connectivity index (χ0v) is 13.5. The summed E-state index contributed by atoms with van der Waals surface area (Å²) in [4.78, 5) is 4.63. The van der Waals surface area contributed by atoms with Gasteiger partial charge in [-0.2, -0.15) is 0 Å². The quantitative estimate of drug-likeness (QED) is 0.920. The highest BCUT2D eigenvalue weighted by atomic mass is 16.5. The molecule has 1 aliphatic carbocycles. The maximum absolute atomic E-state index is 6.74. The van der Waals surface area contributed by atoms with Crippen LogP contribution < -0.4 is 10.5 Å². The number of methoxy groups -OCH3 is 1. The van der Waals surface area contributed by atoms with Crippen LogP contribution in [0.5, 0.6) is 5.75 Å². The Morgan fingerprint density at radius 3 is 2.75 bits per heavy atom. The molecule has 3 heteroatoms. The minimum atomic E-state index is -0.129. The van der Waals surface area contributed by atoms with E-state index in [1.54, 1.807) is 7.11 Å². The number of aryl methyl sites for hydroxylation is 1. The first-order chi connectivity index (χ1) is 9.39. The molecule has 0 amide bonds. The van der Waals surface area contributed by atoms with Gasteiger partial charge < -0.3 is 10.5 Å². The van der Waals surface area contributed by atoms with Gasteiger partial charge in [-0.3, -0.25) is 4.98 Å². The molecule has 1 saturated carbocycles. The van der Waals surface area contributed by atoms with Crippen molar-refractivity contribution in [2.75, 3.05) is 7.11 Å². The van der Waals surface area contributed by atoms with Crippen LogP contribution in [0.2, 0.25) is 0 Å². The van der Waals surface area contributed by atoms with E-state index in [0.717, 1.165) is 35.4 Å². The van der Waals surface area contributed by atoms with Crippen molar-refractivity contribution < 1.29 is 4.74 Å². The molecule has 1 heterocycles. The first-order valence-electron chi connectivity index (χ1n) is 7.67. The number of nitrogens with zero attached hydrogens (tertiary/aromatic N) is 1. The first-order valence-corrected chi connectivity index (χ1v) is 7.67. The van der Waals surface area contributed by atoms with Crippen molar-refractivity contribution in [1.29, 1.82) is 0 Å². The summed E-state index contributed by atoms with van der Waals surface area (Å²) < 4.78 is 5.51. The van der Waals surface area contributed by atoms with E-state index in [9.17, 15) is 0 Å². The van der Waals surface area contributed by atoms with Gasteiger partial charge in [-0.1, -0.05) is 26.7 Å². The van der Waals surface area contributed by atoms with Crippen LogP contribution in [0.1, 0.15) is 49.9 Å². The summed E-state index contributed by atoms with van der Waals surface area (Å²) in [6.45, 7) is 8.74. The molecule has 3 unspecified atom stereocenters. The van der Waals surface area contributed by atoms with Crippen molar-refractivity contribution >= 4 is 0 Å². The van der Waals surface area contributed by atoms with Crippen LogP contribution in [-0.2, 0) is 6.42 Å². The van der Waals surface area contributed by atoms with Gasteiger partial charge in [0.25, 0.3) is 0 Å². The Hall–Kier alpha value is -1.09. The molecular weight excluding hydrogens is 248 g/mol. The van der Waals surface area contributed by atoms with Gasteiger partial charge in [0.05, 0.1) is 7.11 Å². The van der Waals surface area contributed by atoms with E-state index in [-0.39, 0.29) is 5.54 Å². The third-order valence-electron chi connectivity index (χ3n) is 5.31. The van der Waals surface area contributed by atoms with Crippen molar-refractivity contribution in [2.24, 2.45) is 17.6 Å². The maximum Gasteiger partial charge on any atom is 0.128 e. The summed E-state index contributed by atoms with van der Waals surface area (Å²) in [7, 11) is 1.72. The van der Waals surface area contributed by atoms with E-state index in [0.29, 0.717) is 11.8 Å². The highest BCUT2D eigenvalue weighted by molar-refractivity contribution is 5.41. The summed E-state index contributed by atoms with van der Waals surface area (Å²) in [6, 6.07) is 0. The molecule has 0 radical (unpaired) electrons. The molecule has 2 rings (SSSR count). The Kier molecular flexibility index (Phi) is 4.38. The minimum Gasteiger partial charge on any atom is -0.496 e. The maximum atomic E-state index is 6.74. The normalized spacial score (nSPS) is 30.3. The summed E-state index contributed by atoms with van der Waals surface area (Å²) in [6.07, 6.45) is 6.37. The van der Waals surface area contributed by atoms with Crippen LogP contribution in [0.25, 0.3) is 0 Å². The van der Waals surface area contributed by atoms with E-state index in [1.165, 1.54) is 12.8 Å². The summed E-state index contributed by atoms with van der Waals surface area (Å²) in [5, 5.41) is 0. The van der Waals surface area contributed by atoms with Gasteiger partial charge in [0.1, 0.15) is 5.75 Å². The van der Waals surface area contributed by atoms with Gasteiger partial charge in [0.2, 0.25) is 0 Å². The predicted octanol–water partition coefficient (Wildman–Crippen LogP) is 3.40. The molecule has 0 saturated heterocycles. The number of rotatable bonds is 3. The zero-order valence-electron chi connectivity index (χ0n) is 13.5. The second kappa shape index (κ2) is 5.72. The molecule has 0 spiro atoms. The number of aromatic nitrogens is 1. The van der Waals surface area contributed by atoms with E-state index >= 15 is 0 Å². The zero-order chi connectivity index (χ0) is 14.9. The van der Waals surface area contributed by atoms with Crippen molar-refractivity contribution in [1.82, 2.24) is 4.98 Å². The second-order valence-electron chi connectivity index (χ2n) is 6.61. The molecule has 112 valence electrons. The fourth-order valence-corrected chi connectivity index (χ4v) is 3.61. The highest BCUT2D eigenvalue weighted by Gasteiger charge is 2.39. The van der Waals surface area contributed by atoms with Gasteiger partial charge in [-0.15, -0.1) is 0 Å². The van der Waals surface area contributed by atoms with Crippen molar-refractivity contribution in [3.8, 4) is 5.75 Å². The topological polar surface area (TPSA) is 48.1 Å². The van der Waals surface area contributed by atoms with Crippen LogP contribution >= 0.6 is 0 Å². The molecule has 1 aromatic heterocycles. The van der Waals surface area contributed by atoms with Gasteiger partial charge in [-0.05, 0) is 32.1 Å². The molecule has 3 nitrogen and oxygen atoms in total. The second-order valence-corrected chi connectivity index (χ2v) is 6.61. The number of ether oxygens (including phenoxy) is 1. The SMILES string of the molecule is COc1c(C)cnc(CC2(N)CCCC(C)C2C)c1C. The standard InChI is InChI=1S/C17H28N2O/c1-11-7-6-8-17(18,14(11)4)9-15-13(3)16(20-5)12(2)10-19-15/h10-11,14H,6-9,18H2,1-5H3. The number of hydrogen-bond acceptors (Lipinski definition) is 3. The molecule has 20 heavy (non-hydrogen) atoms. The van der Waals surface area contributed by atoms with E-state index in [4.69, 9.17) is 10.5 Å². The largest absolute Gasteiger partial charge is 0.496 e. The summed E-state index contributed by atoms with van der Waals surface area (Å²) in [5.41, 5.74) is 9.94. The lowest BCUT2D eigenvalue weighted by Gasteiger charge is -2.43. The van der Waals surface area contributed by atoms with Gasteiger partial charge in [0.15, 0.2) is 0 Å². The molecule has 0 aliphatic heterocycles. The molecule has 1 aromatic rings. The third kappa shape index (κ3) is 2.69. The number of hydrogen-bond donors (Lipinski definition) is 1. The number of nitrogens with two attached hydrogens (primary N) is 1. The van der Waals surface area contributed by atoms with Crippen LogP contribution in [0.4, 0.5) is 0 Å². The number of pyridine rings is 1. The molecule has 1 fully saturated rings. The summed E-state index contributed by atoms with van der Waals surface area (Å²) in [5.74, 6) is 2.18. The van der Waals surface area contributed by atoms with Crippen LogP contribution in [0, 0.1) is 25.7 Å². The van der Waals surface area contributed by atoms with Gasteiger partial charge >= 0.3 is 0 Å². The predicted molar refractivity (Wildman–Crippen MR) is 83.1 cm³/mol. The lowest BCUT2D eigenvalue weighted by molar-refractivity contribution is 0.142. The molecule has 2 N–H and O–H groups in total. The fourth-order valence-electron chi connectivity index (χ4n) is 3.61. The lowest BCUT2D eigenvalue weighted by Crippen LogP contribution is -2.52. The Labute approximate surface area is 122 Å². The van der Waals surface area contributed by atoms with Gasteiger partial charge in [0, 0.05) is 35.0 Å². The van der Waals surface area contributed by atoms with Crippen molar-refractivity contribution in [2.45, 2.75) is 58.9 Å². The lowest BCUT2D eigenvalue weighted by atomic mass is 9.67. The summed E-state index contributed by atoms with van der Waals surface area (Å²) >= 11 is 0.